The Bertz CT molecular complexity index is 872. The van der Waals surface area contributed by atoms with Gasteiger partial charge in [0.05, 0.1) is 22.4 Å². The second-order valence-corrected chi connectivity index (χ2v) is 7.30. The van der Waals surface area contributed by atoms with Gasteiger partial charge < -0.3 is 15.2 Å². The second kappa shape index (κ2) is 8.37. The molecule has 6 heteroatoms. The van der Waals surface area contributed by atoms with Crippen LogP contribution < -0.4 is 10.2 Å². The van der Waals surface area contributed by atoms with Gasteiger partial charge in [0.15, 0.2) is 0 Å². The summed E-state index contributed by atoms with van der Waals surface area (Å²) in [6.45, 7) is 1.87. The SMILES string of the molecule is C/C=C\C(=NC)C(=O)Nc1cc2[nH]c(C3CCCCC3)nc2cc1N(C)C. The van der Waals surface area contributed by atoms with Crippen molar-refractivity contribution in [2.24, 2.45) is 4.99 Å². The van der Waals surface area contributed by atoms with Crippen LogP contribution >= 0.6 is 0 Å². The van der Waals surface area contributed by atoms with E-state index >= 15 is 0 Å². The average molecular weight is 367 g/mol. The number of fused-ring (bicyclic) bond motifs is 1. The molecule has 0 aliphatic heterocycles. The molecule has 0 unspecified atom stereocenters. The summed E-state index contributed by atoms with van der Waals surface area (Å²) in [5, 5.41) is 3.00. The smallest absolute Gasteiger partial charge is 0.273 e. The van der Waals surface area contributed by atoms with E-state index in [4.69, 9.17) is 4.98 Å². The number of hydrogen-bond donors (Lipinski definition) is 2. The van der Waals surface area contributed by atoms with E-state index < -0.39 is 0 Å². The van der Waals surface area contributed by atoms with Crippen molar-refractivity contribution >= 4 is 34.0 Å². The number of nitrogens with one attached hydrogen (secondary N) is 2. The quantitative estimate of drug-likeness (QED) is 0.776. The van der Waals surface area contributed by atoms with E-state index in [9.17, 15) is 4.79 Å². The lowest BCUT2D eigenvalue weighted by Gasteiger charge is -2.18. The molecule has 3 rings (SSSR count). The molecule has 1 aromatic carbocycles. The van der Waals surface area contributed by atoms with Crippen molar-refractivity contribution in [1.29, 1.82) is 0 Å². The highest BCUT2D eigenvalue weighted by atomic mass is 16.1. The molecule has 2 aromatic rings. The predicted molar refractivity (Wildman–Crippen MR) is 113 cm³/mol. The number of carbonyl (C=O) groups excluding carboxylic acids is 1. The number of allylic oxidation sites excluding steroid dienone is 1. The molecule has 0 spiro atoms. The Balaban J connectivity index is 1.95. The van der Waals surface area contributed by atoms with Crippen LogP contribution in [0.25, 0.3) is 11.0 Å². The van der Waals surface area contributed by atoms with Gasteiger partial charge in [-0.05, 0) is 38.0 Å². The van der Waals surface area contributed by atoms with Crippen LogP contribution in [-0.2, 0) is 4.79 Å². The van der Waals surface area contributed by atoms with Crippen LogP contribution in [0.3, 0.4) is 0 Å². The number of aromatic amines is 1. The van der Waals surface area contributed by atoms with Crippen LogP contribution in [0.2, 0.25) is 0 Å². The van der Waals surface area contributed by atoms with E-state index in [-0.39, 0.29) is 5.91 Å². The molecule has 1 amide bonds. The molecule has 0 bridgehead atoms. The predicted octanol–water partition coefficient (Wildman–Crippen LogP) is 4.26. The molecule has 1 aliphatic rings. The third kappa shape index (κ3) is 4.21. The van der Waals surface area contributed by atoms with Crippen LogP contribution in [0.1, 0.15) is 50.8 Å². The number of rotatable bonds is 5. The summed E-state index contributed by atoms with van der Waals surface area (Å²) in [7, 11) is 5.55. The number of imidazole rings is 1. The maximum Gasteiger partial charge on any atom is 0.273 e. The molecule has 1 aromatic heterocycles. The summed E-state index contributed by atoms with van der Waals surface area (Å²) >= 11 is 0. The first kappa shape index (κ1) is 19.1. The summed E-state index contributed by atoms with van der Waals surface area (Å²) in [6, 6.07) is 4.01. The Morgan fingerprint density at radius 1 is 1.30 bits per heavy atom. The first-order chi connectivity index (χ1) is 13.0. The fraction of sp³-hybridized carbons (Fsp3) is 0.476. The third-order valence-corrected chi connectivity index (χ3v) is 5.14. The lowest BCUT2D eigenvalue weighted by molar-refractivity contribution is -0.110. The van der Waals surface area contributed by atoms with Gasteiger partial charge in [-0.15, -0.1) is 0 Å². The second-order valence-electron chi connectivity index (χ2n) is 7.30. The Labute approximate surface area is 160 Å². The average Bonchev–Trinajstić information content (AvgIpc) is 3.09. The topological polar surface area (TPSA) is 73.4 Å². The van der Waals surface area contributed by atoms with E-state index in [1.54, 1.807) is 13.1 Å². The molecule has 6 nitrogen and oxygen atoms in total. The largest absolute Gasteiger partial charge is 0.376 e. The Morgan fingerprint density at radius 3 is 2.67 bits per heavy atom. The number of carbonyl (C=O) groups is 1. The summed E-state index contributed by atoms with van der Waals surface area (Å²) < 4.78 is 0. The lowest BCUT2D eigenvalue weighted by Crippen LogP contribution is -2.23. The van der Waals surface area contributed by atoms with Gasteiger partial charge in [0.1, 0.15) is 11.5 Å². The van der Waals surface area contributed by atoms with Crippen molar-refractivity contribution in [2.45, 2.75) is 44.9 Å². The zero-order chi connectivity index (χ0) is 19.4. The minimum atomic E-state index is -0.218. The number of aromatic nitrogens is 2. The highest BCUT2D eigenvalue weighted by molar-refractivity contribution is 6.47. The van der Waals surface area contributed by atoms with Gasteiger partial charge in [0.25, 0.3) is 5.91 Å². The number of benzene rings is 1. The number of H-pyrrole nitrogens is 1. The highest BCUT2D eigenvalue weighted by Crippen LogP contribution is 2.34. The molecular weight excluding hydrogens is 338 g/mol. The van der Waals surface area contributed by atoms with Crippen molar-refractivity contribution in [3.8, 4) is 0 Å². The molecule has 0 radical (unpaired) electrons. The fourth-order valence-corrected chi connectivity index (χ4v) is 3.70. The van der Waals surface area contributed by atoms with Crippen molar-refractivity contribution in [1.82, 2.24) is 9.97 Å². The Hall–Kier alpha value is -2.63. The van der Waals surface area contributed by atoms with Gasteiger partial charge in [0, 0.05) is 27.1 Å². The van der Waals surface area contributed by atoms with Gasteiger partial charge in [0.2, 0.25) is 0 Å². The van der Waals surface area contributed by atoms with E-state index in [0.29, 0.717) is 11.6 Å². The number of aliphatic imine (C=N–C) groups is 1. The zero-order valence-corrected chi connectivity index (χ0v) is 16.7. The van der Waals surface area contributed by atoms with E-state index in [0.717, 1.165) is 28.2 Å². The maximum atomic E-state index is 12.6. The van der Waals surface area contributed by atoms with Gasteiger partial charge in [-0.25, -0.2) is 4.98 Å². The van der Waals surface area contributed by atoms with Crippen molar-refractivity contribution < 1.29 is 4.79 Å². The molecule has 1 fully saturated rings. The molecule has 27 heavy (non-hydrogen) atoms. The summed E-state index contributed by atoms with van der Waals surface area (Å²) in [5.74, 6) is 1.37. The van der Waals surface area contributed by atoms with Crippen LogP contribution in [0.4, 0.5) is 11.4 Å². The maximum absolute atomic E-state index is 12.6. The Morgan fingerprint density at radius 2 is 2.04 bits per heavy atom. The van der Waals surface area contributed by atoms with Crippen LogP contribution in [-0.4, -0.2) is 42.7 Å². The number of anilines is 2. The molecule has 0 atom stereocenters. The van der Waals surface area contributed by atoms with Crippen LogP contribution in [0.15, 0.2) is 29.3 Å². The minimum absolute atomic E-state index is 0.218. The van der Waals surface area contributed by atoms with E-state index in [2.05, 4.69) is 15.3 Å². The molecule has 1 aliphatic carbocycles. The van der Waals surface area contributed by atoms with Gasteiger partial charge in [-0.3, -0.25) is 9.79 Å². The number of hydrogen-bond acceptors (Lipinski definition) is 4. The van der Waals surface area contributed by atoms with Gasteiger partial charge in [-0.1, -0.05) is 25.3 Å². The standard InChI is InChI=1S/C21H29N5O/c1-5-9-15(22-2)21(27)25-18-12-16-17(13-19(18)26(3)4)24-20(23-16)14-10-7-6-8-11-14/h5,9,12-14H,6-8,10-11H2,1-4H3,(H,23,24)(H,25,27)/b9-5-,22-15?. The summed E-state index contributed by atoms with van der Waals surface area (Å²) in [5.41, 5.74) is 3.97. The zero-order valence-electron chi connectivity index (χ0n) is 16.7. The Kier molecular flexibility index (Phi) is 5.94. The molecular formula is C21H29N5O. The van der Waals surface area contributed by atoms with Gasteiger partial charge in [-0.2, -0.15) is 0 Å². The molecule has 1 heterocycles. The van der Waals surface area contributed by atoms with Crippen molar-refractivity contribution in [3.05, 3.63) is 30.1 Å². The van der Waals surface area contributed by atoms with Crippen LogP contribution in [0, 0.1) is 0 Å². The molecule has 2 N–H and O–H groups in total. The third-order valence-electron chi connectivity index (χ3n) is 5.14. The van der Waals surface area contributed by atoms with Crippen molar-refractivity contribution in [2.75, 3.05) is 31.4 Å². The van der Waals surface area contributed by atoms with E-state index in [1.807, 2.05) is 44.1 Å². The highest BCUT2D eigenvalue weighted by Gasteiger charge is 2.20. The monoisotopic (exact) mass is 367 g/mol. The molecule has 0 saturated heterocycles. The van der Waals surface area contributed by atoms with E-state index in [1.165, 1.54) is 32.1 Å². The first-order valence-electron chi connectivity index (χ1n) is 9.65. The fourth-order valence-electron chi connectivity index (χ4n) is 3.70. The normalized spacial score (nSPS) is 16.2. The first-order valence-corrected chi connectivity index (χ1v) is 9.65. The number of amides is 1. The lowest BCUT2D eigenvalue weighted by atomic mass is 9.89. The molecule has 1 saturated carbocycles. The van der Waals surface area contributed by atoms with Crippen LogP contribution in [0.5, 0.6) is 0 Å². The van der Waals surface area contributed by atoms with Crippen molar-refractivity contribution in [3.63, 3.8) is 0 Å². The molecule has 144 valence electrons. The minimum Gasteiger partial charge on any atom is -0.376 e. The number of nitrogens with zero attached hydrogens (tertiary/aromatic N) is 3. The van der Waals surface area contributed by atoms with Gasteiger partial charge >= 0.3 is 0 Å². The summed E-state index contributed by atoms with van der Waals surface area (Å²) in [4.78, 5) is 26.9. The summed E-state index contributed by atoms with van der Waals surface area (Å²) in [6.07, 6.45) is 9.79.